The number of amides is 2. The van der Waals surface area contributed by atoms with Crippen molar-refractivity contribution in [3.05, 3.63) is 42.0 Å². The maximum Gasteiger partial charge on any atom is 0.255 e. The van der Waals surface area contributed by atoms with Gasteiger partial charge < -0.3 is 24.7 Å². The second-order valence-electron chi connectivity index (χ2n) is 6.13. The van der Waals surface area contributed by atoms with Crippen LogP contribution in [0.5, 0.6) is 11.5 Å². The van der Waals surface area contributed by atoms with E-state index in [-0.39, 0.29) is 30.7 Å². The summed E-state index contributed by atoms with van der Waals surface area (Å²) in [5.74, 6) is 0.731. The van der Waals surface area contributed by atoms with Crippen LogP contribution in [0, 0.1) is 0 Å². The maximum atomic E-state index is 12.8. The first kappa shape index (κ1) is 15.5. The lowest BCUT2D eigenvalue weighted by molar-refractivity contribution is -0.123. The average Bonchev–Trinajstić information content (AvgIpc) is 3.24. The van der Waals surface area contributed by atoms with Crippen LogP contribution in [-0.4, -0.2) is 34.2 Å². The molecule has 3 heterocycles. The Morgan fingerprint density at radius 2 is 2.28 bits per heavy atom. The zero-order valence-electron chi connectivity index (χ0n) is 13.7. The summed E-state index contributed by atoms with van der Waals surface area (Å²) in [5, 5.41) is 5.97. The molecule has 2 N–H and O–H groups in total. The molecule has 1 saturated heterocycles. The van der Waals surface area contributed by atoms with Crippen molar-refractivity contribution in [2.45, 2.75) is 24.9 Å². The molecule has 8 nitrogen and oxygen atoms in total. The van der Waals surface area contributed by atoms with E-state index in [9.17, 15) is 9.59 Å². The Kier molecular flexibility index (Phi) is 3.79. The molecular formula is C17H18N4O4. The van der Waals surface area contributed by atoms with Crippen LogP contribution in [0.4, 0.5) is 0 Å². The Labute approximate surface area is 144 Å². The summed E-state index contributed by atoms with van der Waals surface area (Å²) in [6.45, 7) is 0.108. The van der Waals surface area contributed by atoms with Gasteiger partial charge in [0, 0.05) is 13.5 Å². The van der Waals surface area contributed by atoms with E-state index in [1.54, 1.807) is 30.7 Å². The summed E-state index contributed by atoms with van der Waals surface area (Å²) in [6, 6.07) is 4.65. The quantitative estimate of drug-likeness (QED) is 0.864. The molecule has 0 saturated carbocycles. The van der Waals surface area contributed by atoms with Crippen molar-refractivity contribution in [3.63, 3.8) is 0 Å². The fourth-order valence-corrected chi connectivity index (χ4v) is 3.26. The van der Waals surface area contributed by atoms with Crippen LogP contribution < -0.4 is 20.1 Å². The molecule has 130 valence electrons. The highest BCUT2D eigenvalue weighted by Crippen LogP contribution is 2.35. The van der Waals surface area contributed by atoms with Gasteiger partial charge in [-0.05, 0) is 18.6 Å². The third-order valence-electron chi connectivity index (χ3n) is 4.53. The molecule has 2 atom stereocenters. The molecule has 0 spiro atoms. The number of rotatable bonds is 3. The normalized spacial score (nSPS) is 21.7. The predicted octanol–water partition coefficient (Wildman–Crippen LogP) is 0.898. The summed E-state index contributed by atoms with van der Waals surface area (Å²) in [5.41, 5.74) is 1.27. The summed E-state index contributed by atoms with van der Waals surface area (Å²) >= 11 is 0. The van der Waals surface area contributed by atoms with E-state index < -0.39 is 0 Å². The summed E-state index contributed by atoms with van der Waals surface area (Å²) in [4.78, 5) is 28.7. The van der Waals surface area contributed by atoms with Gasteiger partial charge in [0.05, 0.1) is 35.9 Å². The number of nitrogens with one attached hydrogen (secondary N) is 2. The van der Waals surface area contributed by atoms with E-state index in [2.05, 4.69) is 15.6 Å². The Morgan fingerprint density at radius 1 is 1.40 bits per heavy atom. The molecule has 2 aliphatic rings. The van der Waals surface area contributed by atoms with Crippen molar-refractivity contribution in [2.24, 2.45) is 7.05 Å². The zero-order valence-corrected chi connectivity index (χ0v) is 13.7. The molecule has 2 amide bonds. The molecule has 1 aromatic heterocycles. The highest BCUT2D eigenvalue weighted by molar-refractivity contribution is 5.98. The van der Waals surface area contributed by atoms with Gasteiger partial charge in [0.1, 0.15) is 0 Å². The summed E-state index contributed by atoms with van der Waals surface area (Å²) < 4.78 is 12.6. The third kappa shape index (κ3) is 2.79. The Bertz CT molecular complexity index is 832. The van der Waals surface area contributed by atoms with Crippen LogP contribution in [0.3, 0.4) is 0 Å². The molecule has 25 heavy (non-hydrogen) atoms. The van der Waals surface area contributed by atoms with Gasteiger partial charge in [-0.2, -0.15) is 0 Å². The predicted molar refractivity (Wildman–Crippen MR) is 87.1 cm³/mol. The number of fused-ring (bicyclic) bond motifs is 1. The summed E-state index contributed by atoms with van der Waals surface area (Å²) in [7, 11) is 1.86. The Balaban J connectivity index is 1.58. The molecule has 0 unspecified atom stereocenters. The first-order chi connectivity index (χ1) is 12.1. The summed E-state index contributed by atoms with van der Waals surface area (Å²) in [6.07, 6.45) is 4.29. The second-order valence-corrected chi connectivity index (χ2v) is 6.13. The van der Waals surface area contributed by atoms with E-state index in [0.717, 1.165) is 5.69 Å². The first-order valence-electron chi connectivity index (χ1n) is 8.08. The van der Waals surface area contributed by atoms with E-state index in [4.69, 9.17) is 9.47 Å². The number of hydrogen-bond acceptors (Lipinski definition) is 5. The van der Waals surface area contributed by atoms with Crippen LogP contribution in [0.25, 0.3) is 0 Å². The molecule has 0 bridgehead atoms. The minimum atomic E-state index is -0.327. The Morgan fingerprint density at radius 3 is 3.08 bits per heavy atom. The highest BCUT2D eigenvalue weighted by Gasteiger charge is 2.33. The maximum absolute atomic E-state index is 12.8. The molecule has 4 rings (SSSR count). The lowest BCUT2D eigenvalue weighted by Crippen LogP contribution is -2.50. The number of para-hydroxylation sites is 1. The van der Waals surface area contributed by atoms with Gasteiger partial charge in [-0.25, -0.2) is 4.98 Å². The van der Waals surface area contributed by atoms with Gasteiger partial charge >= 0.3 is 0 Å². The lowest BCUT2D eigenvalue weighted by atomic mass is 9.95. The molecule has 2 aromatic rings. The van der Waals surface area contributed by atoms with Crippen molar-refractivity contribution < 1.29 is 19.1 Å². The van der Waals surface area contributed by atoms with Crippen molar-refractivity contribution in [3.8, 4) is 11.5 Å². The van der Waals surface area contributed by atoms with Crippen LogP contribution >= 0.6 is 0 Å². The highest BCUT2D eigenvalue weighted by atomic mass is 16.7. The molecule has 2 aliphatic heterocycles. The smallest absolute Gasteiger partial charge is 0.255 e. The van der Waals surface area contributed by atoms with E-state index in [1.807, 2.05) is 11.6 Å². The Hall–Kier alpha value is -3.03. The van der Waals surface area contributed by atoms with Crippen molar-refractivity contribution in [2.75, 3.05) is 6.79 Å². The molecule has 0 radical (unpaired) electrons. The van der Waals surface area contributed by atoms with E-state index in [1.165, 1.54) is 0 Å². The van der Waals surface area contributed by atoms with Gasteiger partial charge in [0.15, 0.2) is 11.5 Å². The number of hydrogen-bond donors (Lipinski definition) is 2. The monoisotopic (exact) mass is 342 g/mol. The van der Waals surface area contributed by atoms with E-state index in [0.29, 0.717) is 29.9 Å². The second kappa shape index (κ2) is 6.12. The van der Waals surface area contributed by atoms with Crippen LogP contribution in [0.1, 0.15) is 34.9 Å². The fraction of sp³-hybridized carbons (Fsp3) is 0.353. The van der Waals surface area contributed by atoms with Crippen molar-refractivity contribution in [1.29, 1.82) is 0 Å². The van der Waals surface area contributed by atoms with Crippen LogP contribution in [-0.2, 0) is 11.8 Å². The number of carbonyl (C=O) groups is 2. The number of imidazole rings is 1. The SMILES string of the molecule is Cn1cncc1[C@@H]1NC(=O)CC[C@H]1NC(=O)c1cccc2c1OCO2. The standard InChI is InChI=1S/C17H18N4O4/c1-21-8-18-7-12(21)15-11(5-6-14(22)20-15)19-17(23)10-3-2-4-13-16(10)25-9-24-13/h2-4,7-8,11,15H,5-6,9H2,1H3,(H,19,23)(H,20,22)/t11-,15-/m1/s1. The largest absolute Gasteiger partial charge is 0.454 e. The number of aromatic nitrogens is 2. The minimum absolute atomic E-state index is 0.0333. The average molecular weight is 342 g/mol. The molecule has 0 aliphatic carbocycles. The lowest BCUT2D eigenvalue weighted by Gasteiger charge is -2.33. The topological polar surface area (TPSA) is 94.5 Å². The fourth-order valence-electron chi connectivity index (χ4n) is 3.26. The molecule has 8 heteroatoms. The first-order valence-corrected chi connectivity index (χ1v) is 8.08. The van der Waals surface area contributed by atoms with Gasteiger partial charge in [0.25, 0.3) is 5.91 Å². The number of piperidine rings is 1. The van der Waals surface area contributed by atoms with Crippen LogP contribution in [0.2, 0.25) is 0 Å². The van der Waals surface area contributed by atoms with Crippen LogP contribution in [0.15, 0.2) is 30.7 Å². The zero-order chi connectivity index (χ0) is 17.4. The molecule has 1 aromatic carbocycles. The molecular weight excluding hydrogens is 324 g/mol. The minimum Gasteiger partial charge on any atom is -0.454 e. The van der Waals surface area contributed by atoms with Crippen molar-refractivity contribution in [1.82, 2.24) is 20.2 Å². The van der Waals surface area contributed by atoms with E-state index >= 15 is 0 Å². The molecule has 1 fully saturated rings. The van der Waals surface area contributed by atoms with Gasteiger partial charge in [0.2, 0.25) is 12.7 Å². The number of nitrogens with zero attached hydrogens (tertiary/aromatic N) is 2. The number of ether oxygens (including phenoxy) is 2. The van der Waals surface area contributed by atoms with Gasteiger partial charge in [-0.3, -0.25) is 9.59 Å². The van der Waals surface area contributed by atoms with Gasteiger partial charge in [-0.1, -0.05) is 6.07 Å². The number of carbonyl (C=O) groups excluding carboxylic acids is 2. The number of aryl methyl sites for hydroxylation is 1. The van der Waals surface area contributed by atoms with Crippen molar-refractivity contribution >= 4 is 11.8 Å². The number of benzene rings is 1. The third-order valence-corrected chi connectivity index (χ3v) is 4.53. The van der Waals surface area contributed by atoms with Gasteiger partial charge in [-0.15, -0.1) is 0 Å².